The van der Waals surface area contributed by atoms with Crippen molar-refractivity contribution in [1.29, 1.82) is 0 Å². The molecule has 1 aromatic heterocycles. The Morgan fingerprint density at radius 1 is 1.10 bits per heavy atom. The summed E-state index contributed by atoms with van der Waals surface area (Å²) in [5.74, 6) is 0.832. The summed E-state index contributed by atoms with van der Waals surface area (Å²) in [6.07, 6.45) is 3.17. The number of guanidine groups is 1. The maximum absolute atomic E-state index is 4.73. The lowest BCUT2D eigenvalue weighted by Gasteiger charge is -2.20. The number of rotatable bonds is 7. The molecule has 0 radical (unpaired) electrons. The first-order chi connectivity index (χ1) is 14.1. The van der Waals surface area contributed by atoms with E-state index in [1.165, 1.54) is 35.5 Å². The van der Waals surface area contributed by atoms with E-state index in [9.17, 15) is 0 Å². The molecular formula is C22H34N6S. The summed E-state index contributed by atoms with van der Waals surface area (Å²) in [6, 6.07) is 8.91. The fraction of sp³-hybridized carbons (Fsp3) is 0.545. The summed E-state index contributed by atoms with van der Waals surface area (Å²) in [4.78, 5) is 15.3. The van der Waals surface area contributed by atoms with E-state index in [1.54, 1.807) is 11.3 Å². The normalized spacial score (nSPS) is 16.6. The number of nitrogens with zero attached hydrogens (tertiary/aromatic N) is 4. The molecule has 2 heterocycles. The lowest BCUT2D eigenvalue weighted by Crippen LogP contribution is -2.36. The Balaban J connectivity index is 1.51. The Labute approximate surface area is 179 Å². The molecule has 3 rings (SSSR count). The molecule has 0 bridgehead atoms. The number of aromatic nitrogens is 1. The Kier molecular flexibility index (Phi) is 8.46. The zero-order chi connectivity index (χ0) is 20.5. The summed E-state index contributed by atoms with van der Waals surface area (Å²) in [7, 11) is 2.22. The monoisotopic (exact) mass is 414 g/mol. The third kappa shape index (κ3) is 7.42. The molecule has 0 amide bonds. The van der Waals surface area contributed by atoms with Crippen molar-refractivity contribution in [3.05, 3.63) is 51.5 Å². The molecule has 1 saturated heterocycles. The molecule has 1 aliphatic rings. The van der Waals surface area contributed by atoms with Gasteiger partial charge in [-0.15, -0.1) is 11.3 Å². The van der Waals surface area contributed by atoms with Gasteiger partial charge in [-0.05, 0) is 51.5 Å². The summed E-state index contributed by atoms with van der Waals surface area (Å²) in [5.41, 5.74) is 2.61. The first kappa shape index (κ1) is 21.7. The molecule has 29 heavy (non-hydrogen) atoms. The van der Waals surface area contributed by atoms with Gasteiger partial charge < -0.3 is 15.5 Å². The molecule has 2 aromatic rings. The zero-order valence-corrected chi connectivity index (χ0v) is 18.8. The van der Waals surface area contributed by atoms with Gasteiger partial charge in [0.2, 0.25) is 0 Å². The highest BCUT2D eigenvalue weighted by Crippen LogP contribution is 2.12. The van der Waals surface area contributed by atoms with Gasteiger partial charge in [0.05, 0.1) is 13.1 Å². The van der Waals surface area contributed by atoms with Crippen LogP contribution >= 0.6 is 11.3 Å². The summed E-state index contributed by atoms with van der Waals surface area (Å²) in [6.45, 7) is 12.1. The molecule has 1 fully saturated rings. The number of hydrogen-bond donors (Lipinski definition) is 2. The van der Waals surface area contributed by atoms with Crippen LogP contribution in [0.1, 0.15) is 34.4 Å². The molecule has 1 aliphatic heterocycles. The Bertz CT molecular complexity index is 770. The van der Waals surface area contributed by atoms with E-state index in [4.69, 9.17) is 4.99 Å². The quantitative estimate of drug-likeness (QED) is 0.539. The molecule has 2 N–H and O–H groups in total. The third-order valence-corrected chi connectivity index (χ3v) is 5.99. The number of thiazole rings is 1. The van der Waals surface area contributed by atoms with Crippen molar-refractivity contribution in [2.24, 2.45) is 4.99 Å². The Morgan fingerprint density at radius 3 is 2.62 bits per heavy atom. The van der Waals surface area contributed by atoms with Crippen LogP contribution in [0.3, 0.4) is 0 Å². The zero-order valence-electron chi connectivity index (χ0n) is 17.9. The van der Waals surface area contributed by atoms with Gasteiger partial charge in [-0.25, -0.2) is 9.98 Å². The maximum Gasteiger partial charge on any atom is 0.191 e. The van der Waals surface area contributed by atoms with Crippen molar-refractivity contribution in [2.75, 3.05) is 39.8 Å². The van der Waals surface area contributed by atoms with E-state index >= 15 is 0 Å². The summed E-state index contributed by atoms with van der Waals surface area (Å²) >= 11 is 1.72. The standard InChI is InChI=1S/C22H34N6S/c1-4-23-22(26-16-21-24-14-18(2)29-21)25-15-19-6-8-20(9-7-19)17-28-11-5-10-27(3)12-13-28/h6-9,14H,4-5,10-13,15-17H2,1-3H3,(H2,23,25,26). The van der Waals surface area contributed by atoms with Crippen molar-refractivity contribution in [3.63, 3.8) is 0 Å². The topological polar surface area (TPSA) is 55.8 Å². The van der Waals surface area contributed by atoms with E-state index in [0.717, 1.165) is 37.1 Å². The van der Waals surface area contributed by atoms with Crippen LogP contribution in [0, 0.1) is 6.92 Å². The number of aliphatic imine (C=N–C) groups is 1. The lowest BCUT2D eigenvalue weighted by atomic mass is 10.1. The van der Waals surface area contributed by atoms with Crippen LogP contribution in [0.4, 0.5) is 0 Å². The van der Waals surface area contributed by atoms with E-state index in [1.807, 2.05) is 6.20 Å². The van der Waals surface area contributed by atoms with Crippen LogP contribution in [0.25, 0.3) is 0 Å². The van der Waals surface area contributed by atoms with Crippen LogP contribution in [0.5, 0.6) is 0 Å². The molecule has 0 atom stereocenters. The largest absolute Gasteiger partial charge is 0.357 e. The average Bonchev–Trinajstić information content (AvgIpc) is 3.03. The minimum atomic E-state index is 0.668. The lowest BCUT2D eigenvalue weighted by molar-refractivity contribution is 0.269. The van der Waals surface area contributed by atoms with Gasteiger partial charge in [0.25, 0.3) is 0 Å². The number of nitrogens with one attached hydrogen (secondary N) is 2. The van der Waals surface area contributed by atoms with Crippen molar-refractivity contribution in [2.45, 2.75) is 39.9 Å². The molecule has 6 nitrogen and oxygen atoms in total. The highest BCUT2D eigenvalue weighted by Gasteiger charge is 2.12. The number of aryl methyl sites for hydroxylation is 1. The molecule has 0 spiro atoms. The van der Waals surface area contributed by atoms with Gasteiger partial charge in [-0.3, -0.25) is 4.90 Å². The molecule has 7 heteroatoms. The molecule has 0 saturated carbocycles. The van der Waals surface area contributed by atoms with E-state index < -0.39 is 0 Å². The smallest absolute Gasteiger partial charge is 0.191 e. The van der Waals surface area contributed by atoms with Crippen molar-refractivity contribution in [1.82, 2.24) is 25.4 Å². The number of benzene rings is 1. The van der Waals surface area contributed by atoms with Gasteiger partial charge in [0.15, 0.2) is 5.96 Å². The van der Waals surface area contributed by atoms with E-state index in [2.05, 4.69) is 70.6 Å². The second kappa shape index (κ2) is 11.3. The van der Waals surface area contributed by atoms with E-state index in [-0.39, 0.29) is 0 Å². The molecule has 0 aliphatic carbocycles. The highest BCUT2D eigenvalue weighted by atomic mass is 32.1. The van der Waals surface area contributed by atoms with Crippen LogP contribution < -0.4 is 10.6 Å². The SMILES string of the molecule is CCNC(=NCc1ccc(CN2CCCN(C)CC2)cc1)NCc1ncc(C)s1. The van der Waals surface area contributed by atoms with Gasteiger partial charge in [0.1, 0.15) is 5.01 Å². The maximum atomic E-state index is 4.73. The van der Waals surface area contributed by atoms with Gasteiger partial charge in [-0.2, -0.15) is 0 Å². The molecular weight excluding hydrogens is 380 g/mol. The second-order valence-electron chi connectivity index (χ2n) is 7.66. The summed E-state index contributed by atoms with van der Waals surface area (Å²) < 4.78 is 0. The van der Waals surface area contributed by atoms with Crippen molar-refractivity contribution < 1.29 is 0 Å². The Hall–Kier alpha value is -1.96. The molecule has 0 unspecified atom stereocenters. The predicted octanol–water partition coefficient (Wildman–Crippen LogP) is 2.84. The predicted molar refractivity (Wildman–Crippen MR) is 122 cm³/mol. The fourth-order valence-corrected chi connectivity index (χ4v) is 4.15. The Morgan fingerprint density at radius 2 is 1.90 bits per heavy atom. The second-order valence-corrected chi connectivity index (χ2v) is 8.98. The van der Waals surface area contributed by atoms with Crippen molar-refractivity contribution in [3.8, 4) is 0 Å². The minimum Gasteiger partial charge on any atom is -0.357 e. The van der Waals surface area contributed by atoms with Gasteiger partial charge in [-0.1, -0.05) is 24.3 Å². The highest BCUT2D eigenvalue weighted by molar-refractivity contribution is 7.11. The number of hydrogen-bond acceptors (Lipinski definition) is 5. The third-order valence-electron chi connectivity index (χ3n) is 5.08. The number of likely N-dealkylation sites (N-methyl/N-ethyl adjacent to an activating group) is 1. The van der Waals surface area contributed by atoms with E-state index in [0.29, 0.717) is 13.1 Å². The summed E-state index contributed by atoms with van der Waals surface area (Å²) in [5, 5.41) is 7.76. The van der Waals surface area contributed by atoms with Gasteiger partial charge in [0, 0.05) is 37.3 Å². The van der Waals surface area contributed by atoms with Crippen LogP contribution in [0.15, 0.2) is 35.5 Å². The van der Waals surface area contributed by atoms with Crippen LogP contribution in [-0.4, -0.2) is 60.5 Å². The average molecular weight is 415 g/mol. The first-order valence-corrected chi connectivity index (χ1v) is 11.4. The van der Waals surface area contributed by atoms with Crippen molar-refractivity contribution >= 4 is 17.3 Å². The minimum absolute atomic E-state index is 0.668. The molecule has 1 aromatic carbocycles. The van der Waals surface area contributed by atoms with Gasteiger partial charge >= 0.3 is 0 Å². The fourth-order valence-electron chi connectivity index (χ4n) is 3.42. The molecule has 158 valence electrons. The first-order valence-electron chi connectivity index (χ1n) is 10.5. The van der Waals surface area contributed by atoms with Crippen LogP contribution in [0.2, 0.25) is 0 Å². The van der Waals surface area contributed by atoms with Crippen LogP contribution in [-0.2, 0) is 19.6 Å².